The molecule has 0 bridgehead atoms. The smallest absolute Gasteiger partial charge is 0.202 e. The van der Waals surface area contributed by atoms with Gasteiger partial charge in [0.2, 0.25) is 5.43 Å². The average Bonchev–Trinajstić information content (AvgIpc) is 2.40. The van der Waals surface area contributed by atoms with Crippen molar-refractivity contribution in [2.45, 2.75) is 6.92 Å². The number of hydrogen-bond donors (Lipinski definition) is 0. The molecule has 0 fully saturated rings. The van der Waals surface area contributed by atoms with Gasteiger partial charge in [0.25, 0.3) is 0 Å². The van der Waals surface area contributed by atoms with Crippen molar-refractivity contribution >= 4 is 11.0 Å². The first kappa shape index (κ1) is 10.7. The molecule has 2 aromatic heterocycles. The van der Waals surface area contributed by atoms with E-state index in [-0.39, 0.29) is 5.43 Å². The Hall–Kier alpha value is -2.42. The zero-order chi connectivity index (χ0) is 12.5. The normalized spacial score (nSPS) is 10.7. The minimum absolute atomic E-state index is 0.0342. The van der Waals surface area contributed by atoms with Crippen LogP contribution in [0.25, 0.3) is 22.2 Å². The van der Waals surface area contributed by atoms with E-state index >= 15 is 0 Å². The van der Waals surface area contributed by atoms with Gasteiger partial charge in [0.05, 0.1) is 16.6 Å². The highest BCUT2D eigenvalue weighted by atomic mass is 16.3. The highest BCUT2D eigenvalue weighted by molar-refractivity contribution is 5.81. The molecule has 0 saturated heterocycles. The maximum absolute atomic E-state index is 12.4. The number of nitrogens with zero attached hydrogens (tertiary/aromatic N) is 1. The van der Waals surface area contributed by atoms with Crippen molar-refractivity contribution in [1.82, 2.24) is 4.98 Å². The van der Waals surface area contributed by atoms with Gasteiger partial charge < -0.3 is 4.42 Å². The minimum atomic E-state index is -0.0342. The number of hydrogen-bond acceptors (Lipinski definition) is 3. The molecule has 0 saturated carbocycles. The van der Waals surface area contributed by atoms with E-state index in [9.17, 15) is 4.79 Å². The Kier molecular flexibility index (Phi) is 2.45. The van der Waals surface area contributed by atoms with Crippen molar-refractivity contribution in [3.63, 3.8) is 0 Å². The molecule has 3 heteroatoms. The first-order valence-electron chi connectivity index (χ1n) is 5.71. The van der Waals surface area contributed by atoms with Crippen molar-refractivity contribution in [1.29, 1.82) is 0 Å². The van der Waals surface area contributed by atoms with Crippen LogP contribution in [-0.2, 0) is 0 Å². The summed E-state index contributed by atoms with van der Waals surface area (Å²) in [4.78, 5) is 16.7. The van der Waals surface area contributed by atoms with Gasteiger partial charge in [-0.1, -0.05) is 18.2 Å². The van der Waals surface area contributed by atoms with Crippen molar-refractivity contribution in [3.8, 4) is 11.3 Å². The van der Waals surface area contributed by atoms with E-state index in [4.69, 9.17) is 4.42 Å². The first-order valence-corrected chi connectivity index (χ1v) is 5.71. The van der Waals surface area contributed by atoms with Crippen LogP contribution in [0.15, 0.2) is 57.9 Å². The van der Waals surface area contributed by atoms with Gasteiger partial charge in [-0.15, -0.1) is 0 Å². The van der Waals surface area contributed by atoms with Gasteiger partial charge in [0, 0.05) is 6.20 Å². The SMILES string of the molecule is Cc1oc2ccccc2c(=O)c1-c1ccccn1. The van der Waals surface area contributed by atoms with Gasteiger partial charge in [-0.25, -0.2) is 0 Å². The maximum atomic E-state index is 12.4. The van der Waals surface area contributed by atoms with E-state index in [1.807, 2.05) is 30.3 Å². The van der Waals surface area contributed by atoms with E-state index in [0.717, 1.165) is 0 Å². The standard InChI is InChI=1S/C15H11NO2/c1-10-14(12-7-4-5-9-16-12)15(17)11-6-2-3-8-13(11)18-10/h2-9H,1H3. The van der Waals surface area contributed by atoms with Gasteiger partial charge in [0.1, 0.15) is 11.3 Å². The van der Waals surface area contributed by atoms with E-state index in [1.165, 1.54) is 0 Å². The molecule has 0 aliphatic heterocycles. The van der Waals surface area contributed by atoms with E-state index in [2.05, 4.69) is 4.98 Å². The van der Waals surface area contributed by atoms with Crippen LogP contribution in [0.3, 0.4) is 0 Å². The fraction of sp³-hybridized carbons (Fsp3) is 0.0667. The molecule has 18 heavy (non-hydrogen) atoms. The minimum Gasteiger partial charge on any atom is -0.460 e. The Labute approximate surface area is 104 Å². The third kappa shape index (κ3) is 1.61. The molecule has 0 radical (unpaired) electrons. The van der Waals surface area contributed by atoms with Crippen molar-refractivity contribution in [2.24, 2.45) is 0 Å². The Bertz CT molecular complexity index is 760. The molecule has 1 aromatic carbocycles. The summed E-state index contributed by atoms with van der Waals surface area (Å²) in [6, 6.07) is 12.7. The molecule has 0 spiro atoms. The van der Waals surface area contributed by atoms with Crippen LogP contribution in [0.1, 0.15) is 5.76 Å². The van der Waals surface area contributed by atoms with Crippen LogP contribution in [0, 0.1) is 6.92 Å². The number of aromatic nitrogens is 1. The second-order valence-corrected chi connectivity index (χ2v) is 4.07. The molecule has 0 atom stereocenters. The zero-order valence-electron chi connectivity index (χ0n) is 9.88. The third-order valence-electron chi connectivity index (χ3n) is 2.89. The lowest BCUT2D eigenvalue weighted by atomic mass is 10.1. The monoisotopic (exact) mass is 237 g/mol. The summed E-state index contributed by atoms with van der Waals surface area (Å²) in [5.41, 5.74) is 1.76. The van der Waals surface area contributed by atoms with Crippen molar-refractivity contribution in [2.75, 3.05) is 0 Å². The zero-order valence-corrected chi connectivity index (χ0v) is 9.88. The third-order valence-corrected chi connectivity index (χ3v) is 2.89. The highest BCUT2D eigenvalue weighted by Gasteiger charge is 2.13. The van der Waals surface area contributed by atoms with Crippen LogP contribution < -0.4 is 5.43 Å². The molecule has 0 amide bonds. The van der Waals surface area contributed by atoms with E-state index in [1.54, 1.807) is 25.3 Å². The molecule has 0 unspecified atom stereocenters. The largest absolute Gasteiger partial charge is 0.460 e. The summed E-state index contributed by atoms with van der Waals surface area (Å²) in [6.45, 7) is 1.79. The first-order chi connectivity index (χ1) is 8.77. The second kappa shape index (κ2) is 4.11. The number of fused-ring (bicyclic) bond motifs is 1. The van der Waals surface area contributed by atoms with E-state index < -0.39 is 0 Å². The Balaban J connectivity index is 2.41. The summed E-state index contributed by atoms with van der Waals surface area (Å²) in [5, 5.41) is 0.587. The van der Waals surface area contributed by atoms with Crippen LogP contribution in [0.2, 0.25) is 0 Å². The maximum Gasteiger partial charge on any atom is 0.202 e. The fourth-order valence-electron chi connectivity index (χ4n) is 2.06. The van der Waals surface area contributed by atoms with Crippen LogP contribution in [0.5, 0.6) is 0 Å². The van der Waals surface area contributed by atoms with E-state index in [0.29, 0.717) is 28.0 Å². The number of benzene rings is 1. The molecular formula is C15H11NO2. The number of rotatable bonds is 1. The average molecular weight is 237 g/mol. The Morgan fingerprint density at radius 2 is 1.83 bits per heavy atom. The van der Waals surface area contributed by atoms with Gasteiger partial charge >= 0.3 is 0 Å². The Morgan fingerprint density at radius 3 is 2.61 bits per heavy atom. The predicted octanol–water partition coefficient (Wildman–Crippen LogP) is 3.16. The van der Waals surface area contributed by atoms with Gasteiger partial charge in [-0.3, -0.25) is 9.78 Å². The number of pyridine rings is 1. The van der Waals surface area contributed by atoms with Crippen LogP contribution in [0.4, 0.5) is 0 Å². The summed E-state index contributed by atoms with van der Waals surface area (Å²) in [5.74, 6) is 0.595. The summed E-state index contributed by atoms with van der Waals surface area (Å²) in [7, 11) is 0. The lowest BCUT2D eigenvalue weighted by molar-refractivity contribution is 0.567. The Morgan fingerprint density at radius 1 is 1.06 bits per heavy atom. The molecule has 2 heterocycles. The lowest BCUT2D eigenvalue weighted by Crippen LogP contribution is -2.08. The quantitative estimate of drug-likeness (QED) is 0.653. The van der Waals surface area contributed by atoms with Crippen molar-refractivity contribution in [3.05, 3.63) is 64.6 Å². The summed E-state index contributed by atoms with van der Waals surface area (Å²) >= 11 is 0. The van der Waals surface area contributed by atoms with Crippen LogP contribution in [-0.4, -0.2) is 4.98 Å². The summed E-state index contributed by atoms with van der Waals surface area (Å²) < 4.78 is 5.69. The number of para-hydroxylation sites is 1. The fourth-order valence-corrected chi connectivity index (χ4v) is 2.06. The molecule has 3 rings (SSSR count). The predicted molar refractivity (Wildman–Crippen MR) is 70.5 cm³/mol. The van der Waals surface area contributed by atoms with Gasteiger partial charge in [0.15, 0.2) is 0 Å². The molecule has 88 valence electrons. The second-order valence-electron chi connectivity index (χ2n) is 4.07. The van der Waals surface area contributed by atoms with Crippen LogP contribution >= 0.6 is 0 Å². The molecule has 3 nitrogen and oxygen atoms in total. The molecular weight excluding hydrogens is 226 g/mol. The van der Waals surface area contributed by atoms with Gasteiger partial charge in [-0.05, 0) is 31.2 Å². The topological polar surface area (TPSA) is 43.1 Å². The number of aryl methyl sites for hydroxylation is 1. The molecule has 3 aromatic rings. The molecule has 0 aliphatic carbocycles. The highest BCUT2D eigenvalue weighted by Crippen LogP contribution is 2.21. The van der Waals surface area contributed by atoms with Gasteiger partial charge in [-0.2, -0.15) is 0 Å². The molecule has 0 N–H and O–H groups in total. The van der Waals surface area contributed by atoms with Crippen molar-refractivity contribution < 1.29 is 4.42 Å². The molecule has 0 aliphatic rings. The summed E-state index contributed by atoms with van der Waals surface area (Å²) in [6.07, 6.45) is 1.67. The lowest BCUT2D eigenvalue weighted by Gasteiger charge is -2.05.